The molecule has 0 unspecified atom stereocenters. The van der Waals surface area contributed by atoms with Crippen molar-refractivity contribution in [3.8, 4) is 0 Å². The third-order valence-electron chi connectivity index (χ3n) is 2.56. The number of pyridine rings is 1. The summed E-state index contributed by atoms with van der Waals surface area (Å²) in [6.45, 7) is 2.18. The number of nitrogens with zero attached hydrogens (tertiary/aromatic N) is 1. The van der Waals surface area contributed by atoms with Crippen LogP contribution in [0.2, 0.25) is 0 Å². The average Bonchev–Trinajstić information content (AvgIpc) is 2.47. The maximum Gasteiger partial charge on any atom is 0.338 e. The third-order valence-corrected chi connectivity index (χ3v) is 2.56. The highest BCUT2D eigenvalue weighted by molar-refractivity contribution is 5.89. The van der Waals surface area contributed by atoms with Crippen LogP contribution >= 0.6 is 0 Å². The monoisotopic (exact) mass is 253 g/mol. The summed E-state index contributed by atoms with van der Waals surface area (Å²) < 4.78 is 4.93. The molecule has 2 aromatic rings. The molecule has 0 radical (unpaired) electrons. The molecule has 2 rings (SSSR count). The van der Waals surface area contributed by atoms with Crippen molar-refractivity contribution in [3.05, 3.63) is 65.5 Å². The van der Waals surface area contributed by atoms with Crippen LogP contribution in [0.5, 0.6) is 0 Å². The van der Waals surface area contributed by atoms with Crippen molar-refractivity contribution in [2.75, 3.05) is 6.61 Å². The smallest absolute Gasteiger partial charge is 0.338 e. The lowest BCUT2D eigenvalue weighted by Gasteiger charge is -2.01. The summed E-state index contributed by atoms with van der Waals surface area (Å²) in [5.74, 6) is -0.289. The molecule has 0 amide bonds. The highest BCUT2D eigenvalue weighted by Gasteiger charge is 2.04. The minimum absolute atomic E-state index is 0.289. The fraction of sp³-hybridized carbons (Fsp3) is 0.125. The molecule has 19 heavy (non-hydrogen) atoms. The number of hydrogen-bond acceptors (Lipinski definition) is 3. The maximum atomic E-state index is 11.5. The molecule has 1 aromatic heterocycles. The summed E-state index contributed by atoms with van der Waals surface area (Å²) in [6.07, 6.45) is 5.64. The normalized spacial score (nSPS) is 10.6. The molecule has 3 heteroatoms. The van der Waals surface area contributed by atoms with Crippen LogP contribution in [0.15, 0.2) is 48.7 Å². The zero-order chi connectivity index (χ0) is 13.5. The van der Waals surface area contributed by atoms with E-state index in [9.17, 15) is 4.79 Å². The molecule has 1 aromatic carbocycles. The second-order valence-electron chi connectivity index (χ2n) is 3.93. The van der Waals surface area contributed by atoms with E-state index in [1.165, 1.54) is 0 Å². The Bertz CT molecular complexity index is 559. The third kappa shape index (κ3) is 3.78. The zero-order valence-corrected chi connectivity index (χ0v) is 10.7. The second kappa shape index (κ2) is 6.50. The van der Waals surface area contributed by atoms with Crippen LogP contribution in [0.3, 0.4) is 0 Å². The number of rotatable bonds is 4. The number of carbonyl (C=O) groups is 1. The van der Waals surface area contributed by atoms with E-state index in [4.69, 9.17) is 4.74 Å². The highest BCUT2D eigenvalue weighted by atomic mass is 16.5. The zero-order valence-electron chi connectivity index (χ0n) is 10.7. The maximum absolute atomic E-state index is 11.5. The van der Waals surface area contributed by atoms with Crippen molar-refractivity contribution in [2.24, 2.45) is 0 Å². The minimum Gasteiger partial charge on any atom is -0.462 e. The van der Waals surface area contributed by atoms with Gasteiger partial charge in [0, 0.05) is 6.20 Å². The van der Waals surface area contributed by atoms with Gasteiger partial charge in [-0.1, -0.05) is 24.3 Å². The van der Waals surface area contributed by atoms with Crippen LogP contribution in [0.1, 0.15) is 28.5 Å². The Kier molecular flexibility index (Phi) is 4.45. The number of esters is 1. The molecule has 0 fully saturated rings. The Balaban J connectivity index is 2.07. The first-order valence-corrected chi connectivity index (χ1v) is 6.16. The van der Waals surface area contributed by atoms with Gasteiger partial charge < -0.3 is 4.74 Å². The Morgan fingerprint density at radius 1 is 1.16 bits per heavy atom. The predicted molar refractivity (Wildman–Crippen MR) is 75.6 cm³/mol. The second-order valence-corrected chi connectivity index (χ2v) is 3.93. The van der Waals surface area contributed by atoms with Crippen molar-refractivity contribution in [1.82, 2.24) is 4.98 Å². The van der Waals surface area contributed by atoms with E-state index < -0.39 is 0 Å². The van der Waals surface area contributed by atoms with Gasteiger partial charge >= 0.3 is 5.97 Å². The first-order chi connectivity index (χ1) is 9.29. The summed E-state index contributed by atoms with van der Waals surface area (Å²) in [5, 5.41) is 0. The topological polar surface area (TPSA) is 39.2 Å². The van der Waals surface area contributed by atoms with E-state index >= 15 is 0 Å². The number of carbonyl (C=O) groups excluding carboxylic acids is 1. The highest BCUT2D eigenvalue weighted by Crippen LogP contribution is 2.09. The van der Waals surface area contributed by atoms with Crippen molar-refractivity contribution in [2.45, 2.75) is 6.92 Å². The summed E-state index contributed by atoms with van der Waals surface area (Å²) in [6, 6.07) is 13.0. The van der Waals surface area contributed by atoms with Crippen LogP contribution in [0, 0.1) is 0 Å². The lowest BCUT2D eigenvalue weighted by molar-refractivity contribution is 0.0526. The molecule has 0 bridgehead atoms. The Hall–Kier alpha value is -2.42. The summed E-state index contributed by atoms with van der Waals surface area (Å²) in [4.78, 5) is 15.7. The number of aromatic nitrogens is 1. The van der Waals surface area contributed by atoms with Gasteiger partial charge in [0.1, 0.15) is 0 Å². The molecule has 0 spiro atoms. The van der Waals surface area contributed by atoms with E-state index in [1.54, 1.807) is 25.3 Å². The summed E-state index contributed by atoms with van der Waals surface area (Å²) in [5.41, 5.74) is 2.48. The molecule has 0 aliphatic heterocycles. The van der Waals surface area contributed by atoms with Gasteiger partial charge in [0.15, 0.2) is 0 Å². The predicted octanol–water partition coefficient (Wildman–Crippen LogP) is 3.43. The average molecular weight is 253 g/mol. The molecular weight excluding hydrogens is 238 g/mol. The molecule has 0 atom stereocenters. The van der Waals surface area contributed by atoms with E-state index in [2.05, 4.69) is 4.98 Å². The van der Waals surface area contributed by atoms with Crippen molar-refractivity contribution in [1.29, 1.82) is 0 Å². The molecule has 0 saturated carbocycles. The number of ether oxygens (including phenoxy) is 1. The van der Waals surface area contributed by atoms with Crippen molar-refractivity contribution < 1.29 is 9.53 Å². The van der Waals surface area contributed by atoms with Gasteiger partial charge in [0.05, 0.1) is 17.9 Å². The molecule has 96 valence electrons. The quantitative estimate of drug-likeness (QED) is 0.784. The SMILES string of the molecule is CCOC(=O)c1ccc(/C=C/c2ccccn2)cc1. The lowest BCUT2D eigenvalue weighted by Crippen LogP contribution is -2.03. The summed E-state index contributed by atoms with van der Waals surface area (Å²) in [7, 11) is 0. The van der Waals surface area contributed by atoms with E-state index in [-0.39, 0.29) is 5.97 Å². The van der Waals surface area contributed by atoms with Crippen LogP contribution in [0.4, 0.5) is 0 Å². The Morgan fingerprint density at radius 3 is 2.58 bits per heavy atom. The fourth-order valence-corrected chi connectivity index (χ4v) is 1.60. The van der Waals surface area contributed by atoms with Crippen LogP contribution < -0.4 is 0 Å². The number of hydrogen-bond donors (Lipinski definition) is 0. The molecule has 0 saturated heterocycles. The van der Waals surface area contributed by atoms with Gasteiger partial charge in [0.25, 0.3) is 0 Å². The van der Waals surface area contributed by atoms with Gasteiger partial charge in [-0.15, -0.1) is 0 Å². The van der Waals surface area contributed by atoms with Gasteiger partial charge in [-0.05, 0) is 42.8 Å². The molecular formula is C16H15NO2. The van der Waals surface area contributed by atoms with Gasteiger partial charge in [-0.2, -0.15) is 0 Å². The molecule has 3 nitrogen and oxygen atoms in total. The largest absolute Gasteiger partial charge is 0.462 e. The molecule has 0 aliphatic rings. The number of benzene rings is 1. The van der Waals surface area contributed by atoms with Gasteiger partial charge in [-0.3, -0.25) is 4.98 Å². The fourth-order valence-electron chi connectivity index (χ4n) is 1.60. The summed E-state index contributed by atoms with van der Waals surface area (Å²) >= 11 is 0. The standard InChI is InChI=1S/C16H15NO2/c1-2-19-16(18)14-9-6-13(7-10-14)8-11-15-5-3-4-12-17-15/h3-12H,2H2,1H3/b11-8+. The molecule has 0 N–H and O–H groups in total. The Labute approximate surface area is 112 Å². The first kappa shape index (κ1) is 13.0. The van der Waals surface area contributed by atoms with Gasteiger partial charge in [-0.25, -0.2) is 4.79 Å². The van der Waals surface area contributed by atoms with Crippen molar-refractivity contribution >= 4 is 18.1 Å². The van der Waals surface area contributed by atoms with Crippen molar-refractivity contribution in [3.63, 3.8) is 0 Å². The van der Waals surface area contributed by atoms with Crippen LogP contribution in [0.25, 0.3) is 12.2 Å². The van der Waals surface area contributed by atoms with Crippen LogP contribution in [-0.2, 0) is 4.74 Å². The van der Waals surface area contributed by atoms with E-state index in [0.717, 1.165) is 11.3 Å². The minimum atomic E-state index is -0.289. The van der Waals surface area contributed by atoms with E-state index in [0.29, 0.717) is 12.2 Å². The lowest BCUT2D eigenvalue weighted by atomic mass is 10.1. The molecule has 0 aliphatic carbocycles. The first-order valence-electron chi connectivity index (χ1n) is 6.16. The van der Waals surface area contributed by atoms with E-state index in [1.807, 2.05) is 42.5 Å². The molecule has 1 heterocycles. The van der Waals surface area contributed by atoms with Gasteiger partial charge in [0.2, 0.25) is 0 Å². The Morgan fingerprint density at radius 2 is 1.95 bits per heavy atom. The van der Waals surface area contributed by atoms with Crippen LogP contribution in [-0.4, -0.2) is 17.6 Å².